The lowest BCUT2D eigenvalue weighted by Crippen LogP contribution is -2.31. The SMILES string of the molecule is O=C1C(NS(=O)(=O)c2ccccc2)=CC(=NS(=O)(=O)c2ccc(F)cc2)c2ccccc21. The van der Waals surface area contributed by atoms with Crippen LogP contribution in [0.15, 0.2) is 105 Å². The summed E-state index contributed by atoms with van der Waals surface area (Å²) in [5, 5.41) is 0. The summed E-state index contributed by atoms with van der Waals surface area (Å²) in [5.74, 6) is -1.24. The van der Waals surface area contributed by atoms with Crippen LogP contribution >= 0.6 is 0 Å². The molecule has 32 heavy (non-hydrogen) atoms. The molecular weight excluding hydrogens is 455 g/mol. The number of hydrogen-bond acceptors (Lipinski definition) is 5. The van der Waals surface area contributed by atoms with Crippen LogP contribution in [0.3, 0.4) is 0 Å². The van der Waals surface area contributed by atoms with Crippen molar-refractivity contribution in [3.05, 3.63) is 108 Å². The van der Waals surface area contributed by atoms with Gasteiger partial charge in [-0.25, -0.2) is 12.8 Å². The minimum Gasteiger partial charge on any atom is -0.287 e. The van der Waals surface area contributed by atoms with Crippen LogP contribution in [-0.2, 0) is 20.0 Å². The van der Waals surface area contributed by atoms with E-state index in [9.17, 15) is 26.0 Å². The van der Waals surface area contributed by atoms with E-state index in [1.165, 1.54) is 36.4 Å². The Morgan fingerprint density at radius 3 is 1.97 bits per heavy atom. The van der Waals surface area contributed by atoms with Crippen LogP contribution in [0, 0.1) is 5.82 Å². The number of carbonyl (C=O) groups excluding carboxylic acids is 1. The molecule has 0 amide bonds. The first-order valence-electron chi connectivity index (χ1n) is 9.22. The number of halogens is 1. The molecule has 10 heteroatoms. The molecule has 0 radical (unpaired) electrons. The van der Waals surface area contributed by atoms with E-state index < -0.39 is 31.6 Å². The first-order valence-corrected chi connectivity index (χ1v) is 12.1. The quantitative estimate of drug-likeness (QED) is 0.616. The fraction of sp³-hybridized carbons (Fsp3) is 0. The fourth-order valence-electron chi connectivity index (χ4n) is 3.07. The van der Waals surface area contributed by atoms with E-state index in [-0.39, 0.29) is 32.3 Å². The van der Waals surface area contributed by atoms with Gasteiger partial charge in [-0.3, -0.25) is 9.52 Å². The van der Waals surface area contributed by atoms with Gasteiger partial charge < -0.3 is 0 Å². The lowest BCUT2D eigenvalue weighted by atomic mass is 9.93. The Kier molecular flexibility index (Phi) is 5.49. The van der Waals surface area contributed by atoms with Crippen LogP contribution in [0.4, 0.5) is 4.39 Å². The largest absolute Gasteiger partial charge is 0.287 e. The van der Waals surface area contributed by atoms with Crippen molar-refractivity contribution in [2.45, 2.75) is 9.79 Å². The first kappa shape index (κ1) is 21.6. The Balaban J connectivity index is 1.82. The van der Waals surface area contributed by atoms with Gasteiger partial charge in [-0.15, -0.1) is 0 Å². The van der Waals surface area contributed by atoms with Crippen molar-refractivity contribution in [3.8, 4) is 0 Å². The maximum Gasteiger partial charge on any atom is 0.282 e. The van der Waals surface area contributed by atoms with Crippen LogP contribution < -0.4 is 4.72 Å². The molecule has 0 heterocycles. The summed E-state index contributed by atoms with van der Waals surface area (Å²) >= 11 is 0. The zero-order valence-corrected chi connectivity index (χ0v) is 17.9. The number of fused-ring (bicyclic) bond motifs is 1. The smallest absolute Gasteiger partial charge is 0.282 e. The van der Waals surface area contributed by atoms with Crippen LogP contribution in [0.1, 0.15) is 15.9 Å². The molecule has 1 aliphatic rings. The number of hydrogen-bond donors (Lipinski definition) is 1. The van der Waals surface area contributed by atoms with Crippen molar-refractivity contribution in [3.63, 3.8) is 0 Å². The number of rotatable bonds is 5. The number of benzene rings is 3. The van der Waals surface area contributed by atoms with Crippen molar-refractivity contribution in [2.75, 3.05) is 0 Å². The summed E-state index contributed by atoms with van der Waals surface area (Å²) in [4.78, 5) is 12.6. The monoisotopic (exact) mass is 470 g/mol. The molecule has 0 saturated carbocycles. The lowest BCUT2D eigenvalue weighted by Gasteiger charge is -2.18. The summed E-state index contributed by atoms with van der Waals surface area (Å²) in [7, 11) is -8.37. The second-order valence-corrected chi connectivity index (χ2v) is 10.0. The molecule has 7 nitrogen and oxygen atoms in total. The summed E-state index contributed by atoms with van der Waals surface area (Å²) in [6.45, 7) is 0. The zero-order chi connectivity index (χ0) is 22.9. The molecule has 0 unspecified atom stereocenters. The van der Waals surface area contributed by atoms with Gasteiger partial charge in [-0.1, -0.05) is 42.5 Å². The molecule has 0 aromatic heterocycles. The van der Waals surface area contributed by atoms with Gasteiger partial charge in [-0.05, 0) is 42.5 Å². The predicted octanol–water partition coefficient (Wildman–Crippen LogP) is 3.06. The van der Waals surface area contributed by atoms with E-state index in [0.717, 1.165) is 30.3 Å². The normalized spacial score (nSPS) is 15.2. The average molecular weight is 471 g/mol. The van der Waals surface area contributed by atoms with E-state index in [1.807, 2.05) is 0 Å². The summed E-state index contributed by atoms with van der Waals surface area (Å²) < 4.78 is 70.1. The van der Waals surface area contributed by atoms with E-state index in [2.05, 4.69) is 9.12 Å². The third-order valence-corrected chi connectivity index (χ3v) is 7.29. The number of sulfonamides is 2. The maximum atomic E-state index is 13.2. The van der Waals surface area contributed by atoms with E-state index in [4.69, 9.17) is 0 Å². The van der Waals surface area contributed by atoms with Crippen molar-refractivity contribution in [1.29, 1.82) is 0 Å². The Bertz CT molecular complexity index is 1480. The molecule has 0 atom stereocenters. The Morgan fingerprint density at radius 1 is 0.719 bits per heavy atom. The standard InChI is InChI=1S/C22H15FN2O5S2/c23-15-10-12-17(13-11-15)32(29,30)24-20-14-21(22(26)19-9-5-4-8-18(19)20)25-31(27,28)16-6-2-1-3-7-16/h1-14,25H. The van der Waals surface area contributed by atoms with Crippen molar-refractivity contribution >= 4 is 31.5 Å². The molecule has 0 fully saturated rings. The molecule has 0 spiro atoms. The second-order valence-electron chi connectivity index (χ2n) is 6.76. The summed E-state index contributed by atoms with van der Waals surface area (Å²) in [6.07, 6.45) is 1.08. The topological polar surface area (TPSA) is 110 Å². The summed E-state index contributed by atoms with van der Waals surface area (Å²) in [5.41, 5.74) is -0.157. The van der Waals surface area contributed by atoms with Crippen molar-refractivity contribution in [2.24, 2.45) is 4.40 Å². The molecule has 4 rings (SSSR count). The van der Waals surface area contributed by atoms with Gasteiger partial charge in [0.05, 0.1) is 21.2 Å². The Labute approximate surface area is 184 Å². The van der Waals surface area contributed by atoms with Gasteiger partial charge in [0.25, 0.3) is 20.0 Å². The number of ketones is 1. The molecule has 1 aliphatic carbocycles. The van der Waals surface area contributed by atoms with Crippen LogP contribution in [0.2, 0.25) is 0 Å². The zero-order valence-electron chi connectivity index (χ0n) is 16.3. The number of nitrogens with one attached hydrogen (secondary N) is 1. The lowest BCUT2D eigenvalue weighted by molar-refractivity contribution is 0.102. The first-order chi connectivity index (χ1) is 15.2. The molecule has 3 aromatic rings. The highest BCUT2D eigenvalue weighted by molar-refractivity contribution is 7.90. The van der Waals surface area contributed by atoms with Crippen LogP contribution in [-0.4, -0.2) is 28.3 Å². The molecule has 3 aromatic carbocycles. The molecule has 1 N–H and O–H groups in total. The minimum atomic E-state index is -4.27. The average Bonchev–Trinajstić information content (AvgIpc) is 2.77. The highest BCUT2D eigenvalue weighted by Gasteiger charge is 2.29. The molecule has 0 aliphatic heterocycles. The second kappa shape index (κ2) is 8.13. The van der Waals surface area contributed by atoms with Gasteiger partial charge >= 0.3 is 0 Å². The highest BCUT2D eigenvalue weighted by atomic mass is 32.2. The Morgan fingerprint density at radius 2 is 1.31 bits per heavy atom. The number of carbonyl (C=O) groups is 1. The van der Waals surface area contributed by atoms with Gasteiger partial charge in [0.1, 0.15) is 5.82 Å². The van der Waals surface area contributed by atoms with Crippen LogP contribution in [0.5, 0.6) is 0 Å². The molecule has 0 saturated heterocycles. The third kappa shape index (κ3) is 4.23. The predicted molar refractivity (Wildman–Crippen MR) is 116 cm³/mol. The van der Waals surface area contributed by atoms with Crippen molar-refractivity contribution in [1.82, 2.24) is 4.72 Å². The molecule has 162 valence electrons. The van der Waals surface area contributed by atoms with Gasteiger partial charge in [-0.2, -0.15) is 12.8 Å². The number of nitrogens with zero attached hydrogens (tertiary/aromatic N) is 1. The highest BCUT2D eigenvalue weighted by Crippen LogP contribution is 2.24. The van der Waals surface area contributed by atoms with Gasteiger partial charge in [0.2, 0.25) is 5.78 Å². The minimum absolute atomic E-state index is 0.0648. The molecular formula is C22H15FN2O5S2. The molecule has 0 bridgehead atoms. The number of Topliss-reactive ketones (excluding diaryl/α,β-unsaturated/α-hetero) is 1. The summed E-state index contributed by atoms with van der Waals surface area (Å²) in [6, 6.07) is 17.6. The Hall–Kier alpha value is -3.63. The fourth-order valence-corrected chi connectivity index (χ4v) is 5.14. The maximum absolute atomic E-state index is 13.2. The van der Waals surface area contributed by atoms with E-state index in [0.29, 0.717) is 0 Å². The van der Waals surface area contributed by atoms with Gasteiger partial charge in [0, 0.05) is 11.1 Å². The van der Waals surface area contributed by atoms with Crippen molar-refractivity contribution < 1.29 is 26.0 Å². The number of allylic oxidation sites excluding steroid dienone is 2. The van der Waals surface area contributed by atoms with E-state index in [1.54, 1.807) is 18.2 Å². The third-order valence-electron chi connectivity index (χ3n) is 4.60. The van der Waals surface area contributed by atoms with E-state index >= 15 is 0 Å². The van der Waals surface area contributed by atoms with Crippen LogP contribution in [0.25, 0.3) is 0 Å². The van der Waals surface area contributed by atoms with Gasteiger partial charge in [0.15, 0.2) is 0 Å².